The normalized spacial score (nSPS) is 11.5. The van der Waals surface area contributed by atoms with E-state index in [-0.39, 0.29) is 19.0 Å². The van der Waals surface area contributed by atoms with E-state index >= 15 is 0 Å². The van der Waals surface area contributed by atoms with Gasteiger partial charge in [0.2, 0.25) is 5.91 Å². The van der Waals surface area contributed by atoms with Crippen molar-refractivity contribution >= 4 is 11.7 Å². The molecule has 1 amide bonds. The summed E-state index contributed by atoms with van der Waals surface area (Å²) < 4.78 is 10.4. The Hall–Kier alpha value is -2.36. The third-order valence-electron chi connectivity index (χ3n) is 2.67. The number of carbonyl (C=O) groups excluding carboxylic acids is 1. The summed E-state index contributed by atoms with van der Waals surface area (Å²) in [6, 6.07) is 4.56. The fourth-order valence-electron chi connectivity index (χ4n) is 1.57. The summed E-state index contributed by atoms with van der Waals surface area (Å²) >= 11 is 0. The molecule has 1 unspecified atom stereocenters. The van der Waals surface area contributed by atoms with Gasteiger partial charge in [-0.1, -0.05) is 0 Å². The number of aliphatic hydroxyl groups is 2. The van der Waals surface area contributed by atoms with Gasteiger partial charge >= 0.3 is 0 Å². The van der Waals surface area contributed by atoms with Gasteiger partial charge in [-0.25, -0.2) is 0 Å². The average molecular weight is 313 g/mol. The van der Waals surface area contributed by atoms with Crippen molar-refractivity contribution < 1.29 is 29.7 Å². The highest BCUT2D eigenvalue weighted by molar-refractivity contribution is 5.98. The van der Waals surface area contributed by atoms with Crippen LogP contribution in [0.15, 0.2) is 18.2 Å². The van der Waals surface area contributed by atoms with Gasteiger partial charge in [0.05, 0.1) is 12.7 Å². The second-order valence-electron chi connectivity index (χ2n) is 4.28. The van der Waals surface area contributed by atoms with Crippen LogP contribution < -0.4 is 20.3 Å². The molecule has 0 saturated heterocycles. The maximum Gasteiger partial charge on any atom is 0.245 e. The summed E-state index contributed by atoms with van der Waals surface area (Å²) in [5.41, 5.74) is 2.06. The van der Waals surface area contributed by atoms with Crippen LogP contribution in [0, 0.1) is 5.41 Å². The molecule has 0 radical (unpaired) electrons. The first-order valence-electron chi connectivity index (χ1n) is 6.37. The highest BCUT2D eigenvalue weighted by atomic mass is 16.5. The maximum absolute atomic E-state index is 10.8. The first kappa shape index (κ1) is 17.7. The highest BCUT2D eigenvalue weighted by Crippen LogP contribution is 2.24. The summed E-state index contributed by atoms with van der Waals surface area (Å²) in [6.07, 6.45) is -0.946. The van der Waals surface area contributed by atoms with E-state index in [1.807, 2.05) is 0 Å². The molecular formula is C13H19N3O6. The number of methoxy groups -OCH3 is 1. The number of amidine groups is 1. The van der Waals surface area contributed by atoms with Crippen molar-refractivity contribution in [3.05, 3.63) is 23.8 Å². The first-order valence-corrected chi connectivity index (χ1v) is 6.37. The molecule has 0 heterocycles. The van der Waals surface area contributed by atoms with Crippen LogP contribution in [0.1, 0.15) is 5.56 Å². The maximum atomic E-state index is 10.8. The van der Waals surface area contributed by atoms with E-state index in [4.69, 9.17) is 25.2 Å². The van der Waals surface area contributed by atoms with E-state index in [1.165, 1.54) is 19.2 Å². The van der Waals surface area contributed by atoms with Gasteiger partial charge in [-0.05, 0) is 12.1 Å². The number of benzene rings is 1. The molecule has 1 aromatic rings. The Balaban J connectivity index is 2.59. The molecule has 0 aromatic heterocycles. The molecule has 0 spiro atoms. The van der Waals surface area contributed by atoms with E-state index in [2.05, 4.69) is 5.32 Å². The summed E-state index contributed by atoms with van der Waals surface area (Å²) in [6.45, 7) is -0.769. The van der Waals surface area contributed by atoms with E-state index in [1.54, 1.807) is 11.5 Å². The number of hydrogen-bond acceptors (Lipinski definition) is 7. The molecular weight excluding hydrogens is 294 g/mol. The lowest BCUT2D eigenvalue weighted by atomic mass is 10.1. The fourth-order valence-corrected chi connectivity index (χ4v) is 1.57. The topological polar surface area (TPSA) is 144 Å². The molecule has 6 N–H and O–H groups in total. The van der Waals surface area contributed by atoms with Crippen LogP contribution in [0.4, 0.5) is 0 Å². The van der Waals surface area contributed by atoms with Crippen LogP contribution in [0.25, 0.3) is 0 Å². The second kappa shape index (κ2) is 8.82. The molecule has 1 rings (SSSR count). The van der Waals surface area contributed by atoms with Crippen LogP contribution in [0.2, 0.25) is 0 Å². The third-order valence-corrected chi connectivity index (χ3v) is 2.67. The van der Waals surface area contributed by atoms with Crippen LogP contribution in [0.5, 0.6) is 11.5 Å². The molecule has 9 heteroatoms. The number of carbonyl (C=O) groups is 1. The predicted octanol–water partition coefficient (Wildman–Crippen LogP) is -1.15. The zero-order valence-corrected chi connectivity index (χ0v) is 12.0. The minimum Gasteiger partial charge on any atom is -0.496 e. The van der Waals surface area contributed by atoms with Gasteiger partial charge in [0.1, 0.15) is 30.8 Å². The Morgan fingerprint density at radius 2 is 2.18 bits per heavy atom. The third kappa shape index (κ3) is 5.20. The zero-order valence-electron chi connectivity index (χ0n) is 12.0. The molecule has 0 aliphatic rings. The van der Waals surface area contributed by atoms with Crippen LogP contribution in [0.3, 0.4) is 0 Å². The molecule has 122 valence electrons. The Bertz CT molecular complexity index is 522. The smallest absolute Gasteiger partial charge is 0.245 e. The predicted molar refractivity (Wildman–Crippen MR) is 76.3 cm³/mol. The van der Waals surface area contributed by atoms with Crippen LogP contribution >= 0.6 is 0 Å². The van der Waals surface area contributed by atoms with Gasteiger partial charge in [-0.3, -0.25) is 20.9 Å². The quantitative estimate of drug-likeness (QED) is 0.202. The fraction of sp³-hybridized carbons (Fsp3) is 0.385. The molecule has 1 aromatic carbocycles. The lowest BCUT2D eigenvalue weighted by Gasteiger charge is -2.15. The first-order chi connectivity index (χ1) is 10.5. The summed E-state index contributed by atoms with van der Waals surface area (Å²) in [5, 5.41) is 36.7. The highest BCUT2D eigenvalue weighted by Gasteiger charge is 2.11. The van der Waals surface area contributed by atoms with E-state index in [9.17, 15) is 9.90 Å². The number of rotatable bonds is 8. The van der Waals surface area contributed by atoms with Crippen LogP contribution in [-0.2, 0) is 4.79 Å². The van der Waals surface area contributed by atoms with Gasteiger partial charge in [-0.15, -0.1) is 0 Å². The zero-order chi connectivity index (χ0) is 16.5. The van der Waals surface area contributed by atoms with Gasteiger partial charge in [-0.2, -0.15) is 0 Å². The minimum atomic E-state index is -0.946. The van der Waals surface area contributed by atoms with Crippen LogP contribution in [-0.4, -0.2) is 60.1 Å². The van der Waals surface area contributed by atoms with Crippen molar-refractivity contribution in [3.8, 4) is 11.5 Å². The largest absolute Gasteiger partial charge is 0.496 e. The Morgan fingerprint density at radius 3 is 2.77 bits per heavy atom. The average Bonchev–Trinajstić information content (AvgIpc) is 2.56. The van der Waals surface area contributed by atoms with Gasteiger partial charge in [0, 0.05) is 12.6 Å². The molecule has 22 heavy (non-hydrogen) atoms. The van der Waals surface area contributed by atoms with Crippen molar-refractivity contribution in [2.45, 2.75) is 6.10 Å². The number of aliphatic hydroxyl groups excluding tert-OH is 2. The standard InChI is InChI=1S/C13H19N3O6/c1-21-11-4-9(2-3-10(11)13(14)16-20)22-7-8(18)5-15-12(19)6-17/h2-4,8,17-18,20H,5-7H2,1H3,(H2,14,16)(H,15,19). The van der Waals surface area contributed by atoms with Gasteiger partial charge < -0.3 is 25.0 Å². The lowest BCUT2D eigenvalue weighted by Crippen LogP contribution is -2.36. The number of ether oxygens (including phenoxy) is 2. The number of hydroxylamine groups is 1. The van der Waals surface area contributed by atoms with E-state index in [0.717, 1.165) is 0 Å². The number of hydrogen-bond donors (Lipinski definition) is 6. The van der Waals surface area contributed by atoms with Crippen molar-refractivity contribution in [3.63, 3.8) is 0 Å². The van der Waals surface area contributed by atoms with Crippen molar-refractivity contribution in [1.29, 1.82) is 5.41 Å². The van der Waals surface area contributed by atoms with Crippen molar-refractivity contribution in [2.75, 3.05) is 26.9 Å². The molecule has 0 aliphatic carbocycles. The Labute approximate surface area is 126 Å². The van der Waals surface area contributed by atoms with E-state index < -0.39 is 18.6 Å². The van der Waals surface area contributed by atoms with Gasteiger partial charge in [0.15, 0.2) is 5.84 Å². The Morgan fingerprint density at radius 1 is 1.45 bits per heavy atom. The molecule has 0 fully saturated rings. The lowest BCUT2D eigenvalue weighted by molar-refractivity contribution is -0.124. The number of nitrogens with one attached hydrogen (secondary N) is 3. The molecule has 0 saturated carbocycles. The molecule has 9 nitrogen and oxygen atoms in total. The number of amides is 1. The van der Waals surface area contributed by atoms with Crippen molar-refractivity contribution in [1.82, 2.24) is 10.8 Å². The SMILES string of the molecule is COc1cc(OCC(O)CNC(=O)CO)ccc1C(=N)NO. The molecule has 0 aliphatic heterocycles. The summed E-state index contributed by atoms with van der Waals surface area (Å²) in [7, 11) is 1.41. The summed E-state index contributed by atoms with van der Waals surface area (Å²) in [5.74, 6) is -0.110. The minimum absolute atomic E-state index is 0.0479. The van der Waals surface area contributed by atoms with E-state index in [0.29, 0.717) is 17.1 Å². The Kier molecular flexibility index (Phi) is 7.09. The monoisotopic (exact) mass is 313 g/mol. The molecule has 0 bridgehead atoms. The van der Waals surface area contributed by atoms with Gasteiger partial charge in [0.25, 0.3) is 0 Å². The van der Waals surface area contributed by atoms with Crippen molar-refractivity contribution in [2.24, 2.45) is 0 Å². The molecule has 1 atom stereocenters. The summed E-state index contributed by atoms with van der Waals surface area (Å²) in [4.78, 5) is 10.8. The second-order valence-corrected chi connectivity index (χ2v) is 4.28.